The monoisotopic (exact) mass is 1010 g/mol. The highest BCUT2D eigenvalue weighted by Gasteiger charge is 2.26. The zero-order valence-corrected chi connectivity index (χ0v) is 41.3. The molecule has 19 nitrogen and oxygen atoms in total. The molecule has 0 atom stereocenters. The second kappa shape index (κ2) is 24.0. The molecule has 0 spiro atoms. The highest BCUT2D eigenvalue weighted by Crippen LogP contribution is 2.27. The second-order valence-corrected chi connectivity index (χ2v) is 21.0. The summed E-state index contributed by atoms with van der Waals surface area (Å²) in [6, 6.07) is 21.3. The molecule has 5 heterocycles. The topological polar surface area (TPSA) is 230 Å². The van der Waals surface area contributed by atoms with Gasteiger partial charge in [-0.3, -0.25) is 42.8 Å². The van der Waals surface area contributed by atoms with Crippen molar-refractivity contribution in [1.29, 1.82) is 0 Å². The minimum absolute atomic E-state index is 0.0106. The summed E-state index contributed by atoms with van der Waals surface area (Å²) < 4.78 is 84.9. The fourth-order valence-electron chi connectivity index (χ4n) is 7.77. The molecule has 0 unspecified atom stereocenters. The van der Waals surface area contributed by atoms with Gasteiger partial charge in [0.25, 0.3) is 5.89 Å². The van der Waals surface area contributed by atoms with Gasteiger partial charge in [0.1, 0.15) is 0 Å². The van der Waals surface area contributed by atoms with Crippen LogP contribution in [0.1, 0.15) is 72.9 Å². The molecule has 0 bridgehead atoms. The SMILES string of the molecule is CCS(=O)(=O)N(Cc1ccc(-c2nnc(C(F)F)o2)cn1)c1cccc(CN2CCN(C(C)=O)CC2)c1.CCS(=O)(=O)N(Cc1ccc(C(=O)CN)cn1)c1cccc(CN2CCN(C(C)=O)CC2)c1. The molecule has 0 aliphatic carbocycles. The molecule has 5 aromatic rings. The Balaban J connectivity index is 0.000000231. The Bertz CT molecular complexity index is 2790. The van der Waals surface area contributed by atoms with E-state index in [9.17, 15) is 40.0 Å². The van der Waals surface area contributed by atoms with Crippen molar-refractivity contribution in [1.82, 2.24) is 39.8 Å². The van der Waals surface area contributed by atoms with Crippen molar-refractivity contribution < 1.29 is 44.4 Å². The Kier molecular flexibility index (Phi) is 18.2. The molecule has 2 N–H and O–H groups in total. The molecule has 2 saturated heterocycles. The number of hydrogen-bond donors (Lipinski definition) is 1. The number of amides is 2. The van der Waals surface area contributed by atoms with E-state index in [0.717, 1.165) is 37.3 Å². The van der Waals surface area contributed by atoms with Gasteiger partial charge in [0.15, 0.2) is 5.78 Å². The lowest BCUT2D eigenvalue weighted by atomic mass is 10.1. The molecule has 376 valence electrons. The van der Waals surface area contributed by atoms with Crippen molar-refractivity contribution in [3.05, 3.63) is 119 Å². The predicted octanol–water partition coefficient (Wildman–Crippen LogP) is 4.33. The molecule has 2 aliphatic rings. The van der Waals surface area contributed by atoms with Gasteiger partial charge in [-0.2, -0.15) is 8.78 Å². The number of pyridine rings is 2. The summed E-state index contributed by atoms with van der Waals surface area (Å²) >= 11 is 0. The van der Waals surface area contributed by atoms with E-state index in [1.807, 2.05) is 46.2 Å². The van der Waals surface area contributed by atoms with Gasteiger partial charge in [-0.05, 0) is 73.5 Å². The van der Waals surface area contributed by atoms with Crippen LogP contribution in [0.5, 0.6) is 0 Å². The number of hydrogen-bond acceptors (Lipinski definition) is 15. The number of Topliss-reactive ketones (excluding diaryl/α,β-unsaturated/α-hetero) is 1. The Morgan fingerprint density at radius 3 is 1.51 bits per heavy atom. The number of benzene rings is 2. The number of rotatable bonds is 18. The molecule has 2 aromatic carbocycles. The summed E-state index contributed by atoms with van der Waals surface area (Å²) in [4.78, 5) is 51.6. The highest BCUT2D eigenvalue weighted by atomic mass is 32.2. The van der Waals surface area contributed by atoms with E-state index in [-0.39, 0.29) is 54.6 Å². The smallest absolute Gasteiger partial charge is 0.314 e. The zero-order valence-electron chi connectivity index (χ0n) is 39.7. The van der Waals surface area contributed by atoms with Crippen molar-refractivity contribution in [2.45, 2.75) is 60.3 Å². The Hall–Kier alpha value is -6.27. The molecule has 70 heavy (non-hydrogen) atoms. The third kappa shape index (κ3) is 14.2. The van der Waals surface area contributed by atoms with Gasteiger partial charge in [0.05, 0.1) is 59.5 Å². The Morgan fingerprint density at radius 1 is 0.671 bits per heavy atom. The second-order valence-electron chi connectivity index (χ2n) is 16.7. The minimum Gasteiger partial charge on any atom is -0.415 e. The first-order valence-corrected chi connectivity index (χ1v) is 26.0. The van der Waals surface area contributed by atoms with Crippen LogP contribution in [-0.2, 0) is 55.8 Å². The first kappa shape index (κ1) is 53.1. The maximum Gasteiger partial charge on any atom is 0.314 e. The molecule has 3 aromatic heterocycles. The van der Waals surface area contributed by atoms with Crippen molar-refractivity contribution in [2.24, 2.45) is 5.73 Å². The van der Waals surface area contributed by atoms with Crippen LogP contribution >= 0.6 is 0 Å². The summed E-state index contributed by atoms with van der Waals surface area (Å²) in [5.41, 5.74) is 10.2. The number of sulfonamides is 2. The average Bonchev–Trinajstić information content (AvgIpc) is 3.87. The first-order valence-electron chi connectivity index (χ1n) is 22.8. The summed E-state index contributed by atoms with van der Waals surface area (Å²) in [6.45, 7) is 13.4. The van der Waals surface area contributed by atoms with Gasteiger partial charge in [0.2, 0.25) is 37.8 Å². The van der Waals surface area contributed by atoms with Crippen LogP contribution in [0.15, 0.2) is 89.6 Å². The predicted molar refractivity (Wildman–Crippen MR) is 259 cm³/mol. The highest BCUT2D eigenvalue weighted by molar-refractivity contribution is 7.93. The van der Waals surface area contributed by atoms with Crippen LogP contribution in [-0.4, -0.2) is 145 Å². The third-order valence-electron chi connectivity index (χ3n) is 11.9. The maximum absolute atomic E-state index is 13.0. The standard InChI is InChI=1S/C24H28F2N6O4S.C23H31N5O4S/c1-3-37(34,35)32(16-20-8-7-19(14-27-20)23-28-29-24(36-23)22(25)26)21-6-4-5-18(13-21)15-30-9-11-31(12-10-30)17(2)33;1-3-33(31,32)28(17-21-8-7-20(15-25-21)23(30)14-24)22-6-4-5-19(13-22)16-26-9-11-27(12-10-26)18(2)29/h4-8,13-14,22H,3,9-12,15-16H2,1-2H3;4-8,13,15H,3,9-12,14,16-17,24H2,1-2H3. The van der Waals surface area contributed by atoms with Crippen molar-refractivity contribution in [3.8, 4) is 11.5 Å². The lowest BCUT2D eigenvalue weighted by Crippen LogP contribution is -2.47. The lowest BCUT2D eigenvalue weighted by molar-refractivity contribution is -0.131. The number of piperazine rings is 2. The molecule has 2 amide bonds. The van der Waals surface area contributed by atoms with Crippen LogP contribution in [0.25, 0.3) is 11.5 Å². The largest absolute Gasteiger partial charge is 0.415 e. The average molecular weight is 1010 g/mol. The lowest BCUT2D eigenvalue weighted by Gasteiger charge is -2.34. The van der Waals surface area contributed by atoms with Gasteiger partial charge in [-0.1, -0.05) is 24.3 Å². The van der Waals surface area contributed by atoms with Crippen LogP contribution in [0.2, 0.25) is 0 Å². The van der Waals surface area contributed by atoms with E-state index < -0.39 is 32.4 Å². The van der Waals surface area contributed by atoms with Gasteiger partial charge >= 0.3 is 6.43 Å². The Labute approximate surface area is 407 Å². The van der Waals surface area contributed by atoms with Crippen LogP contribution in [0, 0.1) is 0 Å². The number of nitrogens with zero attached hydrogens (tertiary/aromatic N) is 10. The van der Waals surface area contributed by atoms with E-state index in [4.69, 9.17) is 10.2 Å². The van der Waals surface area contributed by atoms with Gasteiger partial charge in [-0.15, -0.1) is 10.2 Å². The van der Waals surface area contributed by atoms with E-state index in [1.165, 1.54) is 21.0 Å². The van der Waals surface area contributed by atoms with E-state index >= 15 is 0 Å². The molecule has 0 radical (unpaired) electrons. The van der Waals surface area contributed by atoms with Gasteiger partial charge < -0.3 is 20.0 Å². The zero-order chi connectivity index (χ0) is 50.6. The molecular formula is C47H59F2N11O8S2. The number of alkyl halides is 2. The number of carbonyl (C=O) groups excluding carboxylic acids is 3. The van der Waals surface area contributed by atoms with E-state index in [0.29, 0.717) is 73.2 Å². The Morgan fingerprint density at radius 2 is 1.14 bits per heavy atom. The van der Waals surface area contributed by atoms with E-state index in [2.05, 4.69) is 30.0 Å². The first-order chi connectivity index (χ1) is 33.4. The van der Waals surface area contributed by atoms with Gasteiger partial charge in [0, 0.05) is 97.3 Å². The molecular weight excluding hydrogens is 949 g/mol. The fraction of sp³-hybridized carbons (Fsp3) is 0.426. The molecule has 0 saturated carbocycles. The molecule has 7 rings (SSSR count). The fourth-order valence-corrected chi connectivity index (χ4v) is 9.92. The minimum atomic E-state index is -3.64. The number of aromatic nitrogens is 4. The van der Waals surface area contributed by atoms with Crippen LogP contribution in [0.3, 0.4) is 0 Å². The summed E-state index contributed by atoms with van der Waals surface area (Å²) in [6.07, 6.45) is -0.0631. The van der Waals surface area contributed by atoms with Crippen molar-refractivity contribution in [2.75, 3.05) is 79.0 Å². The van der Waals surface area contributed by atoms with Crippen molar-refractivity contribution in [3.63, 3.8) is 0 Å². The summed E-state index contributed by atoms with van der Waals surface area (Å²) in [5, 5.41) is 6.91. The van der Waals surface area contributed by atoms with E-state index in [1.54, 1.807) is 64.1 Å². The number of ketones is 1. The summed E-state index contributed by atoms with van der Waals surface area (Å²) in [5.74, 6) is -1.08. The van der Waals surface area contributed by atoms with Crippen LogP contribution in [0.4, 0.5) is 20.2 Å². The number of halogens is 2. The molecule has 23 heteroatoms. The van der Waals surface area contributed by atoms with Gasteiger partial charge in [-0.25, -0.2) is 16.8 Å². The van der Waals surface area contributed by atoms with Crippen molar-refractivity contribution >= 4 is 49.0 Å². The maximum atomic E-state index is 13.0. The number of nitrogens with two attached hydrogens (primary N) is 1. The third-order valence-corrected chi connectivity index (χ3v) is 15.4. The normalized spacial score (nSPS) is 14.8. The molecule has 2 fully saturated rings. The summed E-state index contributed by atoms with van der Waals surface area (Å²) in [7, 11) is -7.20. The number of anilines is 2. The quantitative estimate of drug-likeness (QED) is 0.121. The number of carbonyl (C=O) groups is 3. The van der Waals surface area contributed by atoms with Crippen LogP contribution < -0.4 is 14.3 Å². The molecule has 2 aliphatic heterocycles.